The van der Waals surface area contributed by atoms with E-state index in [1.165, 1.54) is 0 Å². The molecule has 1 aromatic carbocycles. The van der Waals surface area contributed by atoms with Gasteiger partial charge in [-0.2, -0.15) is 0 Å². The average molecular weight is 351 g/mol. The third kappa shape index (κ3) is 3.61. The van der Waals surface area contributed by atoms with Gasteiger partial charge in [-0.1, -0.05) is 36.4 Å². The van der Waals surface area contributed by atoms with E-state index in [0.29, 0.717) is 24.9 Å². The number of aromatic nitrogens is 2. The zero-order valence-corrected chi connectivity index (χ0v) is 14.4. The third-order valence-corrected chi connectivity index (χ3v) is 4.45. The van der Waals surface area contributed by atoms with Crippen molar-refractivity contribution in [1.82, 2.24) is 9.38 Å². The summed E-state index contributed by atoms with van der Waals surface area (Å²) in [5, 5.41) is 2.96. The smallest absolute Gasteiger partial charge is 0.251 e. The number of carbonyl (C=O) groups excluding carboxylic acids is 1. The van der Waals surface area contributed by atoms with Gasteiger partial charge in [-0.25, -0.2) is 4.98 Å². The lowest BCUT2D eigenvalue weighted by molar-refractivity contribution is -0.121. The molecule has 0 saturated carbocycles. The molecule has 3 aromatic rings. The van der Waals surface area contributed by atoms with Crippen molar-refractivity contribution in [2.45, 2.75) is 6.42 Å². The van der Waals surface area contributed by atoms with E-state index >= 15 is 0 Å². The molecular weight excluding hydrogens is 330 g/mol. The third-order valence-electron chi connectivity index (χ3n) is 4.45. The fraction of sp³-hybridized carbons (Fsp3) is 0.300. The summed E-state index contributed by atoms with van der Waals surface area (Å²) in [6.45, 7) is 2.06. The molecule has 1 atom stereocenters. The Hall–Kier alpha value is -2.70. The molecule has 2 aromatic heterocycles. The quantitative estimate of drug-likeness (QED) is 0.741. The monoisotopic (exact) mass is 351 g/mol. The predicted octanol–water partition coefficient (Wildman–Crippen LogP) is 2.99. The molecule has 6 heteroatoms. The number of imidazole rings is 1. The average Bonchev–Trinajstić information content (AvgIpc) is 3.31. The number of pyridine rings is 1. The Morgan fingerprint density at radius 2 is 2.08 bits per heavy atom. The summed E-state index contributed by atoms with van der Waals surface area (Å²) in [5.41, 5.74) is 2.48. The summed E-state index contributed by atoms with van der Waals surface area (Å²) >= 11 is 0. The summed E-state index contributed by atoms with van der Waals surface area (Å²) < 4.78 is 12.8. The van der Waals surface area contributed by atoms with Crippen LogP contribution in [0.1, 0.15) is 6.42 Å². The Morgan fingerprint density at radius 3 is 2.88 bits per heavy atom. The first-order chi connectivity index (χ1) is 12.8. The SMILES string of the molecule is O=C(COCC1CCOC1)Nc1c(-c2ccccc2)nc2ccccn12. The van der Waals surface area contributed by atoms with Crippen LogP contribution in [-0.2, 0) is 14.3 Å². The number of benzene rings is 1. The molecule has 1 aliphatic heterocycles. The zero-order chi connectivity index (χ0) is 17.8. The molecule has 26 heavy (non-hydrogen) atoms. The van der Waals surface area contributed by atoms with Gasteiger partial charge < -0.3 is 14.8 Å². The van der Waals surface area contributed by atoms with Crippen LogP contribution in [0.15, 0.2) is 54.7 Å². The minimum Gasteiger partial charge on any atom is -0.381 e. The van der Waals surface area contributed by atoms with Crippen molar-refractivity contribution in [3.05, 3.63) is 54.7 Å². The van der Waals surface area contributed by atoms with Crippen molar-refractivity contribution in [2.75, 3.05) is 31.7 Å². The van der Waals surface area contributed by atoms with E-state index in [0.717, 1.165) is 29.9 Å². The van der Waals surface area contributed by atoms with E-state index in [1.807, 2.05) is 59.1 Å². The molecule has 1 fully saturated rings. The number of anilines is 1. The molecule has 0 radical (unpaired) electrons. The maximum Gasteiger partial charge on any atom is 0.251 e. The molecule has 1 unspecified atom stereocenters. The van der Waals surface area contributed by atoms with Gasteiger partial charge in [0, 0.05) is 24.3 Å². The topological polar surface area (TPSA) is 64.9 Å². The number of amides is 1. The lowest BCUT2D eigenvalue weighted by Crippen LogP contribution is -2.22. The van der Waals surface area contributed by atoms with Gasteiger partial charge in [0.05, 0.1) is 13.2 Å². The molecule has 1 amide bonds. The van der Waals surface area contributed by atoms with Gasteiger partial charge in [-0.15, -0.1) is 0 Å². The van der Waals surface area contributed by atoms with Crippen LogP contribution in [0, 0.1) is 5.92 Å². The first kappa shape index (κ1) is 16.8. The molecule has 1 aliphatic rings. The van der Waals surface area contributed by atoms with E-state index in [-0.39, 0.29) is 12.5 Å². The molecule has 134 valence electrons. The normalized spacial score (nSPS) is 16.8. The standard InChI is InChI=1S/C20H21N3O3/c24-18(14-26-13-15-9-11-25-12-15)22-20-19(16-6-2-1-3-7-16)21-17-8-4-5-10-23(17)20/h1-8,10,15H,9,11-14H2,(H,22,24). The largest absolute Gasteiger partial charge is 0.381 e. The molecular formula is C20H21N3O3. The number of rotatable bonds is 6. The Kier molecular flexibility index (Phi) is 4.95. The molecule has 1 saturated heterocycles. The highest BCUT2D eigenvalue weighted by molar-refractivity contribution is 5.95. The highest BCUT2D eigenvalue weighted by atomic mass is 16.5. The van der Waals surface area contributed by atoms with Crippen molar-refractivity contribution in [1.29, 1.82) is 0 Å². The van der Waals surface area contributed by atoms with Crippen molar-refractivity contribution >= 4 is 17.4 Å². The van der Waals surface area contributed by atoms with Gasteiger partial charge in [0.2, 0.25) is 0 Å². The van der Waals surface area contributed by atoms with Gasteiger partial charge >= 0.3 is 0 Å². The second-order valence-corrected chi connectivity index (χ2v) is 6.40. The fourth-order valence-electron chi connectivity index (χ4n) is 3.11. The number of carbonyl (C=O) groups is 1. The minimum atomic E-state index is -0.188. The molecule has 0 spiro atoms. The van der Waals surface area contributed by atoms with Crippen molar-refractivity contribution in [3.63, 3.8) is 0 Å². The van der Waals surface area contributed by atoms with Crippen LogP contribution in [0.25, 0.3) is 16.9 Å². The van der Waals surface area contributed by atoms with E-state index < -0.39 is 0 Å². The Balaban J connectivity index is 1.52. The summed E-state index contributed by atoms with van der Waals surface area (Å²) in [6, 6.07) is 15.6. The van der Waals surface area contributed by atoms with Crippen molar-refractivity contribution in [3.8, 4) is 11.3 Å². The van der Waals surface area contributed by atoms with E-state index in [1.54, 1.807) is 0 Å². The van der Waals surface area contributed by atoms with Crippen LogP contribution in [0.4, 0.5) is 5.82 Å². The van der Waals surface area contributed by atoms with Crippen LogP contribution >= 0.6 is 0 Å². The Bertz CT molecular complexity index is 886. The number of hydrogen-bond acceptors (Lipinski definition) is 4. The maximum absolute atomic E-state index is 12.4. The van der Waals surface area contributed by atoms with Gasteiger partial charge in [-0.3, -0.25) is 9.20 Å². The summed E-state index contributed by atoms with van der Waals surface area (Å²) in [6.07, 6.45) is 2.88. The van der Waals surface area contributed by atoms with E-state index in [9.17, 15) is 4.79 Å². The second kappa shape index (κ2) is 7.68. The number of hydrogen-bond donors (Lipinski definition) is 1. The molecule has 4 rings (SSSR count). The summed E-state index contributed by atoms with van der Waals surface area (Å²) in [4.78, 5) is 17.1. The fourth-order valence-corrected chi connectivity index (χ4v) is 3.11. The molecule has 6 nitrogen and oxygen atoms in total. The van der Waals surface area contributed by atoms with Crippen LogP contribution in [0.3, 0.4) is 0 Å². The minimum absolute atomic E-state index is 0.0186. The Labute approximate surface area is 151 Å². The van der Waals surface area contributed by atoms with Crippen LogP contribution < -0.4 is 5.32 Å². The maximum atomic E-state index is 12.4. The molecule has 1 N–H and O–H groups in total. The van der Waals surface area contributed by atoms with Crippen molar-refractivity contribution < 1.29 is 14.3 Å². The zero-order valence-electron chi connectivity index (χ0n) is 14.4. The van der Waals surface area contributed by atoms with Crippen LogP contribution in [0.5, 0.6) is 0 Å². The number of nitrogens with one attached hydrogen (secondary N) is 1. The predicted molar refractivity (Wildman–Crippen MR) is 99.0 cm³/mol. The molecule has 3 heterocycles. The lowest BCUT2D eigenvalue weighted by Gasteiger charge is -2.10. The van der Waals surface area contributed by atoms with Gasteiger partial charge in [0.1, 0.15) is 23.8 Å². The highest BCUT2D eigenvalue weighted by Crippen LogP contribution is 2.28. The molecule has 0 aliphatic carbocycles. The van der Waals surface area contributed by atoms with Gasteiger partial charge in [-0.05, 0) is 18.6 Å². The number of nitrogens with zero attached hydrogens (tertiary/aromatic N) is 2. The lowest BCUT2D eigenvalue weighted by atomic mass is 10.1. The first-order valence-electron chi connectivity index (χ1n) is 8.79. The summed E-state index contributed by atoms with van der Waals surface area (Å²) in [7, 11) is 0. The van der Waals surface area contributed by atoms with Gasteiger partial charge in [0.15, 0.2) is 0 Å². The first-order valence-corrected chi connectivity index (χ1v) is 8.79. The second-order valence-electron chi connectivity index (χ2n) is 6.40. The van der Waals surface area contributed by atoms with Gasteiger partial charge in [0.25, 0.3) is 5.91 Å². The van der Waals surface area contributed by atoms with E-state index in [2.05, 4.69) is 10.3 Å². The molecule has 0 bridgehead atoms. The summed E-state index contributed by atoms with van der Waals surface area (Å²) in [5.74, 6) is 0.856. The Morgan fingerprint density at radius 1 is 1.23 bits per heavy atom. The van der Waals surface area contributed by atoms with Crippen molar-refractivity contribution in [2.24, 2.45) is 5.92 Å². The van der Waals surface area contributed by atoms with Crippen LogP contribution in [0.2, 0.25) is 0 Å². The number of fused-ring (bicyclic) bond motifs is 1. The number of ether oxygens (including phenoxy) is 2. The van der Waals surface area contributed by atoms with E-state index in [4.69, 9.17) is 9.47 Å². The van der Waals surface area contributed by atoms with Crippen LogP contribution in [-0.4, -0.2) is 41.7 Å². The highest BCUT2D eigenvalue weighted by Gasteiger charge is 2.18.